The van der Waals surface area contributed by atoms with Gasteiger partial charge in [-0.1, -0.05) is 24.3 Å². The Morgan fingerprint density at radius 2 is 2.04 bits per heavy atom. The van der Waals surface area contributed by atoms with Crippen LogP contribution in [0.25, 0.3) is 0 Å². The van der Waals surface area contributed by atoms with Gasteiger partial charge in [-0.25, -0.2) is 0 Å². The molecule has 2 amide bonds. The summed E-state index contributed by atoms with van der Waals surface area (Å²) in [5.41, 5.74) is 2.79. The van der Waals surface area contributed by atoms with Crippen LogP contribution >= 0.6 is 0 Å². The molecule has 2 aliphatic rings. The van der Waals surface area contributed by atoms with E-state index in [4.69, 9.17) is 0 Å². The summed E-state index contributed by atoms with van der Waals surface area (Å²) in [5.74, 6) is -0.0175. The van der Waals surface area contributed by atoms with E-state index in [-0.39, 0.29) is 17.9 Å². The van der Waals surface area contributed by atoms with Gasteiger partial charge in [-0.3, -0.25) is 14.6 Å². The van der Waals surface area contributed by atoms with E-state index >= 15 is 0 Å². The van der Waals surface area contributed by atoms with Crippen molar-refractivity contribution in [1.82, 2.24) is 14.8 Å². The number of pyridine rings is 1. The first-order valence-electron chi connectivity index (χ1n) is 9.26. The molecule has 0 N–H and O–H groups in total. The van der Waals surface area contributed by atoms with Crippen LogP contribution in [0.2, 0.25) is 0 Å². The van der Waals surface area contributed by atoms with Gasteiger partial charge < -0.3 is 9.80 Å². The Kier molecular flexibility index (Phi) is 4.45. The molecule has 4 rings (SSSR count). The molecule has 0 saturated carbocycles. The zero-order chi connectivity index (χ0) is 18.1. The highest BCUT2D eigenvalue weighted by atomic mass is 16.2. The molecule has 1 fully saturated rings. The quantitative estimate of drug-likeness (QED) is 0.855. The van der Waals surface area contributed by atoms with Crippen molar-refractivity contribution in [2.24, 2.45) is 0 Å². The maximum atomic E-state index is 13.3. The van der Waals surface area contributed by atoms with Crippen molar-refractivity contribution in [3.05, 3.63) is 65.5 Å². The van der Waals surface area contributed by atoms with E-state index in [2.05, 4.69) is 4.98 Å². The van der Waals surface area contributed by atoms with Crippen LogP contribution in [0.15, 0.2) is 48.8 Å². The maximum absolute atomic E-state index is 13.3. The minimum absolute atomic E-state index is 0.0275. The molecule has 26 heavy (non-hydrogen) atoms. The van der Waals surface area contributed by atoms with Gasteiger partial charge in [0.05, 0.1) is 6.04 Å². The van der Waals surface area contributed by atoms with Crippen LogP contribution in [0.5, 0.6) is 0 Å². The molecule has 2 aromatic rings. The minimum atomic E-state index is -0.466. The normalized spacial score (nSPS) is 20.8. The third kappa shape index (κ3) is 2.87. The molecule has 134 valence electrons. The van der Waals surface area contributed by atoms with Crippen molar-refractivity contribution in [3.8, 4) is 0 Å². The predicted molar refractivity (Wildman–Crippen MR) is 98.3 cm³/mol. The summed E-state index contributed by atoms with van der Waals surface area (Å²) in [4.78, 5) is 33.9. The summed E-state index contributed by atoms with van der Waals surface area (Å²) < 4.78 is 0. The molecule has 0 spiro atoms. The number of carbonyl (C=O) groups excluding carboxylic acids is 2. The number of hydrogen-bond acceptors (Lipinski definition) is 3. The van der Waals surface area contributed by atoms with E-state index in [0.29, 0.717) is 6.54 Å². The Morgan fingerprint density at radius 1 is 1.19 bits per heavy atom. The van der Waals surface area contributed by atoms with Crippen molar-refractivity contribution in [1.29, 1.82) is 0 Å². The van der Waals surface area contributed by atoms with Gasteiger partial charge in [0.2, 0.25) is 5.91 Å². The summed E-state index contributed by atoms with van der Waals surface area (Å²) >= 11 is 0. The van der Waals surface area contributed by atoms with Gasteiger partial charge in [0.15, 0.2) is 0 Å². The monoisotopic (exact) mass is 349 g/mol. The zero-order valence-electron chi connectivity index (χ0n) is 15.0. The Hall–Kier alpha value is -2.69. The first kappa shape index (κ1) is 16.8. The van der Waals surface area contributed by atoms with Crippen LogP contribution in [0.4, 0.5) is 0 Å². The second kappa shape index (κ2) is 6.90. The summed E-state index contributed by atoms with van der Waals surface area (Å²) in [5, 5.41) is 0. The van der Waals surface area contributed by atoms with E-state index < -0.39 is 6.04 Å². The van der Waals surface area contributed by atoms with Crippen LogP contribution in [-0.2, 0) is 11.3 Å². The molecule has 0 bridgehead atoms. The molecule has 3 heterocycles. The largest absolute Gasteiger partial charge is 0.334 e. The van der Waals surface area contributed by atoms with Crippen molar-refractivity contribution < 1.29 is 9.59 Å². The fraction of sp³-hybridized carbons (Fsp3) is 0.381. The highest BCUT2D eigenvalue weighted by Crippen LogP contribution is 2.32. The number of hydrogen-bond donors (Lipinski definition) is 0. The van der Waals surface area contributed by atoms with Crippen LogP contribution in [0.3, 0.4) is 0 Å². The smallest absolute Gasteiger partial charge is 0.255 e. The second-order valence-corrected chi connectivity index (χ2v) is 7.10. The molecule has 1 aromatic heterocycles. The average molecular weight is 349 g/mol. The molecule has 1 saturated heterocycles. The lowest BCUT2D eigenvalue weighted by Gasteiger charge is -2.39. The molecular weight excluding hydrogens is 326 g/mol. The second-order valence-electron chi connectivity index (χ2n) is 7.10. The third-order valence-electron chi connectivity index (χ3n) is 5.53. The van der Waals surface area contributed by atoms with Gasteiger partial charge in [0.25, 0.3) is 5.91 Å². The van der Waals surface area contributed by atoms with Crippen molar-refractivity contribution in [2.45, 2.75) is 44.8 Å². The highest BCUT2D eigenvalue weighted by molar-refractivity contribution is 6.01. The maximum Gasteiger partial charge on any atom is 0.255 e. The fourth-order valence-corrected chi connectivity index (χ4v) is 4.08. The van der Waals surface area contributed by atoms with E-state index in [9.17, 15) is 9.59 Å². The summed E-state index contributed by atoms with van der Waals surface area (Å²) in [6.45, 7) is 3.09. The molecule has 0 aliphatic carbocycles. The molecule has 5 heteroatoms. The molecule has 2 aliphatic heterocycles. The minimum Gasteiger partial charge on any atom is -0.334 e. The van der Waals surface area contributed by atoms with Gasteiger partial charge in [-0.15, -0.1) is 0 Å². The lowest BCUT2D eigenvalue weighted by molar-refractivity contribution is -0.139. The Labute approximate surface area is 153 Å². The number of aromatic nitrogens is 1. The van der Waals surface area contributed by atoms with Gasteiger partial charge in [-0.2, -0.15) is 0 Å². The van der Waals surface area contributed by atoms with Gasteiger partial charge >= 0.3 is 0 Å². The molecule has 0 radical (unpaired) electrons. The Bertz CT molecular complexity index is 821. The lowest BCUT2D eigenvalue weighted by atomic mass is 9.95. The fourth-order valence-electron chi connectivity index (χ4n) is 4.08. The summed E-state index contributed by atoms with van der Waals surface area (Å²) in [6, 6.07) is 11.1. The number of rotatable bonds is 3. The van der Waals surface area contributed by atoms with Crippen molar-refractivity contribution in [2.75, 3.05) is 6.54 Å². The number of amides is 2. The number of carbonyl (C=O) groups is 2. The average Bonchev–Trinajstić information content (AvgIpc) is 3.04. The molecule has 5 nitrogen and oxygen atoms in total. The number of likely N-dealkylation sites (tertiary alicyclic amines) is 1. The number of nitrogens with zero attached hydrogens (tertiary/aromatic N) is 3. The van der Waals surface area contributed by atoms with Crippen LogP contribution < -0.4 is 0 Å². The highest BCUT2D eigenvalue weighted by Gasteiger charge is 2.38. The number of benzene rings is 1. The Morgan fingerprint density at radius 3 is 2.81 bits per heavy atom. The molecular formula is C21H23N3O2. The van der Waals surface area contributed by atoms with Gasteiger partial charge in [-0.05, 0) is 49.4 Å². The summed E-state index contributed by atoms with van der Waals surface area (Å²) in [7, 11) is 0. The van der Waals surface area contributed by atoms with E-state index in [1.165, 1.54) is 0 Å². The number of piperidine rings is 1. The third-order valence-corrected chi connectivity index (χ3v) is 5.53. The van der Waals surface area contributed by atoms with Gasteiger partial charge in [0.1, 0.15) is 6.04 Å². The van der Waals surface area contributed by atoms with Crippen LogP contribution in [0, 0.1) is 0 Å². The predicted octanol–water partition coefficient (Wildman–Crippen LogP) is 3.18. The van der Waals surface area contributed by atoms with Crippen LogP contribution in [-0.4, -0.2) is 39.2 Å². The van der Waals surface area contributed by atoms with E-state index in [0.717, 1.165) is 42.5 Å². The van der Waals surface area contributed by atoms with Crippen molar-refractivity contribution in [3.63, 3.8) is 0 Å². The van der Waals surface area contributed by atoms with Crippen molar-refractivity contribution >= 4 is 11.8 Å². The standard InChI is InChI=1S/C21H23N3O2/c1-15(24-14-17-7-2-3-9-18(17)21(24)26)20(25)23-12-5-4-10-19(23)16-8-6-11-22-13-16/h2-3,6-9,11,13,15,19H,4-5,10,12,14H2,1H3/t15-,19-/m0/s1. The molecule has 1 aromatic carbocycles. The van der Waals surface area contributed by atoms with E-state index in [1.54, 1.807) is 11.1 Å². The topological polar surface area (TPSA) is 53.5 Å². The van der Waals surface area contributed by atoms with Crippen LogP contribution in [0.1, 0.15) is 53.7 Å². The lowest BCUT2D eigenvalue weighted by Crippen LogP contribution is -2.49. The van der Waals surface area contributed by atoms with Gasteiger partial charge in [0, 0.05) is 31.0 Å². The first-order chi connectivity index (χ1) is 12.7. The summed E-state index contributed by atoms with van der Waals surface area (Å²) in [6.07, 6.45) is 6.65. The molecule has 0 unspecified atom stereocenters. The zero-order valence-corrected chi connectivity index (χ0v) is 15.0. The van der Waals surface area contributed by atoms with E-state index in [1.807, 2.05) is 54.4 Å². The first-order valence-corrected chi connectivity index (χ1v) is 9.26. The number of fused-ring (bicyclic) bond motifs is 1. The Balaban J connectivity index is 1.55. The SMILES string of the molecule is C[C@@H](C(=O)N1CCCC[C@H]1c1cccnc1)N1Cc2ccccc2C1=O. The molecule has 2 atom stereocenters.